The smallest absolute Gasteiger partial charge is 0.251 e. The highest BCUT2D eigenvalue weighted by Crippen LogP contribution is 2.30. The molecule has 0 aromatic heterocycles. The van der Waals surface area contributed by atoms with Crippen molar-refractivity contribution in [2.24, 2.45) is 0 Å². The van der Waals surface area contributed by atoms with E-state index < -0.39 is 10.0 Å². The third-order valence-corrected chi connectivity index (χ3v) is 7.74. The molecule has 0 aliphatic carbocycles. The number of amides is 1. The van der Waals surface area contributed by atoms with E-state index in [2.05, 4.69) is 5.32 Å². The van der Waals surface area contributed by atoms with Crippen molar-refractivity contribution in [1.29, 1.82) is 0 Å². The number of rotatable bonds is 7. The third-order valence-electron chi connectivity index (χ3n) is 5.07. The Bertz CT molecular complexity index is 969. The number of hydrogen-bond donors (Lipinski definition) is 1. The van der Waals surface area contributed by atoms with Crippen molar-refractivity contribution in [2.45, 2.75) is 35.6 Å². The fourth-order valence-electron chi connectivity index (χ4n) is 3.34. The van der Waals surface area contributed by atoms with Gasteiger partial charge in [-0.05, 0) is 61.9 Å². The van der Waals surface area contributed by atoms with Crippen LogP contribution >= 0.6 is 11.8 Å². The van der Waals surface area contributed by atoms with E-state index in [1.807, 2.05) is 37.4 Å². The van der Waals surface area contributed by atoms with Crippen LogP contribution < -0.4 is 10.1 Å². The number of ether oxygens (including phenoxy) is 1. The molecular weight excluding hydrogens is 408 g/mol. The lowest BCUT2D eigenvalue weighted by Gasteiger charge is -2.19. The molecule has 0 bridgehead atoms. The van der Waals surface area contributed by atoms with E-state index >= 15 is 0 Å². The second kappa shape index (κ2) is 9.19. The second-order valence-corrected chi connectivity index (χ2v) is 9.73. The van der Waals surface area contributed by atoms with Crippen LogP contribution in [0, 0.1) is 0 Å². The monoisotopic (exact) mass is 434 g/mol. The van der Waals surface area contributed by atoms with Gasteiger partial charge in [-0.2, -0.15) is 4.31 Å². The number of sulfonamides is 1. The number of methoxy groups -OCH3 is 1. The number of nitrogens with zero attached hydrogens (tertiary/aromatic N) is 1. The molecule has 0 radical (unpaired) electrons. The van der Waals surface area contributed by atoms with Crippen molar-refractivity contribution in [2.75, 3.05) is 26.5 Å². The van der Waals surface area contributed by atoms with E-state index in [9.17, 15) is 13.2 Å². The van der Waals surface area contributed by atoms with Gasteiger partial charge >= 0.3 is 0 Å². The zero-order chi connectivity index (χ0) is 21.0. The summed E-state index contributed by atoms with van der Waals surface area (Å²) < 4.78 is 32.7. The molecule has 156 valence electrons. The molecule has 0 spiro atoms. The summed E-state index contributed by atoms with van der Waals surface area (Å²) >= 11 is 1.66. The van der Waals surface area contributed by atoms with Crippen molar-refractivity contribution < 1.29 is 17.9 Å². The molecule has 1 heterocycles. The van der Waals surface area contributed by atoms with Crippen LogP contribution in [0.2, 0.25) is 0 Å². The molecule has 0 unspecified atom stereocenters. The molecule has 8 heteroatoms. The van der Waals surface area contributed by atoms with Crippen molar-refractivity contribution in [1.82, 2.24) is 9.62 Å². The number of hydrogen-bond acceptors (Lipinski definition) is 5. The molecule has 2 aromatic carbocycles. The third kappa shape index (κ3) is 4.76. The fraction of sp³-hybridized carbons (Fsp3) is 0.381. The lowest BCUT2D eigenvalue weighted by molar-refractivity contribution is 0.0939. The van der Waals surface area contributed by atoms with Crippen molar-refractivity contribution in [3.63, 3.8) is 0 Å². The Balaban J connectivity index is 1.83. The van der Waals surface area contributed by atoms with Crippen LogP contribution in [0.3, 0.4) is 0 Å². The highest BCUT2D eigenvalue weighted by molar-refractivity contribution is 7.98. The zero-order valence-corrected chi connectivity index (χ0v) is 18.5. The molecule has 1 N–H and O–H groups in total. The highest BCUT2D eigenvalue weighted by atomic mass is 32.2. The number of benzene rings is 2. The normalized spacial score (nSPS) is 15.8. The van der Waals surface area contributed by atoms with E-state index in [4.69, 9.17) is 4.74 Å². The first-order chi connectivity index (χ1) is 13.9. The fourth-order valence-corrected chi connectivity index (χ4v) is 5.45. The summed E-state index contributed by atoms with van der Waals surface area (Å²) in [6, 6.07) is 12.3. The summed E-state index contributed by atoms with van der Waals surface area (Å²) in [5, 5.41) is 2.94. The van der Waals surface area contributed by atoms with Gasteiger partial charge in [-0.15, -0.1) is 11.8 Å². The number of carbonyl (C=O) groups is 1. The van der Waals surface area contributed by atoms with Gasteiger partial charge in [-0.1, -0.05) is 12.1 Å². The molecule has 2 aromatic rings. The van der Waals surface area contributed by atoms with Crippen LogP contribution in [0.1, 0.15) is 41.7 Å². The number of carbonyl (C=O) groups excluding carboxylic acids is 1. The molecule has 6 nitrogen and oxygen atoms in total. The van der Waals surface area contributed by atoms with E-state index in [1.165, 1.54) is 23.5 Å². The maximum atomic E-state index is 13.0. The van der Waals surface area contributed by atoms with Crippen molar-refractivity contribution >= 4 is 27.7 Å². The molecule has 1 aliphatic rings. The largest absolute Gasteiger partial charge is 0.495 e. The van der Waals surface area contributed by atoms with Crippen LogP contribution in [0.25, 0.3) is 0 Å². The average molecular weight is 435 g/mol. The molecular formula is C21H26N2O4S2. The van der Waals surface area contributed by atoms with Gasteiger partial charge in [-0.25, -0.2) is 8.42 Å². The minimum Gasteiger partial charge on any atom is -0.495 e. The van der Waals surface area contributed by atoms with Crippen LogP contribution in [-0.4, -0.2) is 45.1 Å². The zero-order valence-electron chi connectivity index (χ0n) is 16.8. The van der Waals surface area contributed by atoms with Crippen molar-refractivity contribution in [3.8, 4) is 5.75 Å². The van der Waals surface area contributed by atoms with Crippen molar-refractivity contribution in [3.05, 3.63) is 53.6 Å². The van der Waals surface area contributed by atoms with Gasteiger partial charge in [0.05, 0.1) is 13.2 Å². The molecule has 0 saturated carbocycles. The topological polar surface area (TPSA) is 75.7 Å². The molecule has 3 rings (SSSR count). The van der Waals surface area contributed by atoms with E-state index in [-0.39, 0.29) is 28.2 Å². The summed E-state index contributed by atoms with van der Waals surface area (Å²) in [5.74, 6) is -0.0823. The second-order valence-electron chi connectivity index (χ2n) is 6.95. The van der Waals surface area contributed by atoms with Crippen LogP contribution in [0.4, 0.5) is 0 Å². The molecule has 1 fully saturated rings. The SMILES string of the molecule is COc1ccc(C(=O)N[C@H](C)c2ccc(SC)cc2)cc1S(=O)(=O)N1CCCC1. The predicted molar refractivity (Wildman–Crippen MR) is 115 cm³/mol. The van der Waals surface area contributed by atoms with Gasteiger partial charge in [0.2, 0.25) is 10.0 Å². The van der Waals surface area contributed by atoms with Crippen LogP contribution in [-0.2, 0) is 10.0 Å². The summed E-state index contributed by atoms with van der Waals surface area (Å²) in [7, 11) is -2.27. The maximum absolute atomic E-state index is 13.0. The van der Waals surface area contributed by atoms with Gasteiger partial charge in [0, 0.05) is 23.5 Å². The van der Waals surface area contributed by atoms with Crippen LogP contribution in [0.5, 0.6) is 5.75 Å². The van der Waals surface area contributed by atoms with Crippen LogP contribution in [0.15, 0.2) is 52.3 Å². The molecule has 1 atom stereocenters. The van der Waals surface area contributed by atoms with Gasteiger partial charge in [0.15, 0.2) is 0 Å². The first-order valence-corrected chi connectivity index (χ1v) is 12.2. The Morgan fingerprint density at radius 3 is 2.38 bits per heavy atom. The summed E-state index contributed by atoms with van der Waals surface area (Å²) in [6.07, 6.45) is 3.70. The van der Waals surface area contributed by atoms with Gasteiger partial charge in [-0.3, -0.25) is 4.79 Å². The quantitative estimate of drug-likeness (QED) is 0.673. The van der Waals surface area contributed by atoms with E-state index in [0.29, 0.717) is 13.1 Å². The molecule has 1 aliphatic heterocycles. The maximum Gasteiger partial charge on any atom is 0.251 e. The molecule has 1 saturated heterocycles. The first-order valence-electron chi connectivity index (χ1n) is 9.50. The van der Waals surface area contributed by atoms with E-state index in [0.717, 1.165) is 23.3 Å². The summed E-state index contributed by atoms with van der Waals surface area (Å²) in [5.41, 5.74) is 1.27. The summed E-state index contributed by atoms with van der Waals surface area (Å²) in [4.78, 5) is 14.0. The minimum absolute atomic E-state index is 0.0338. The molecule has 29 heavy (non-hydrogen) atoms. The van der Waals surface area contributed by atoms with Gasteiger partial charge in [0.25, 0.3) is 5.91 Å². The Morgan fingerprint density at radius 2 is 1.79 bits per heavy atom. The first kappa shape index (κ1) is 21.7. The van der Waals surface area contributed by atoms with Gasteiger partial charge < -0.3 is 10.1 Å². The average Bonchev–Trinajstić information content (AvgIpc) is 3.29. The van der Waals surface area contributed by atoms with Gasteiger partial charge in [0.1, 0.15) is 10.6 Å². The number of nitrogens with one attached hydrogen (secondary N) is 1. The van der Waals surface area contributed by atoms with E-state index in [1.54, 1.807) is 17.8 Å². The minimum atomic E-state index is -3.70. The lowest BCUT2D eigenvalue weighted by atomic mass is 10.1. The summed E-state index contributed by atoms with van der Waals surface area (Å²) in [6.45, 7) is 2.88. The Hall–Kier alpha value is -2.03. The Morgan fingerprint density at radius 1 is 1.14 bits per heavy atom. The molecule has 1 amide bonds. The Kier molecular flexibility index (Phi) is 6.87. The highest BCUT2D eigenvalue weighted by Gasteiger charge is 2.30. The number of thioether (sulfide) groups is 1. The standard InChI is InChI=1S/C21H26N2O4S2/c1-15(16-6-9-18(28-3)10-7-16)22-21(24)17-8-11-19(27-2)20(14-17)29(25,26)23-12-4-5-13-23/h6-11,14-15H,4-5,12-13H2,1-3H3,(H,22,24)/t15-/m1/s1. The lowest BCUT2D eigenvalue weighted by Crippen LogP contribution is -2.29. The predicted octanol–water partition coefficient (Wildman–Crippen LogP) is 3.69. The Labute approximate surface area is 176 Å².